The van der Waals surface area contributed by atoms with Crippen LogP contribution >= 0.6 is 0 Å². The molecule has 3 fully saturated rings. The van der Waals surface area contributed by atoms with Gasteiger partial charge in [-0.05, 0) is 49.3 Å². The first kappa shape index (κ1) is 16.1. The standard InChI is InChI=1S/C20H29N3O/c24-19-14-18(17-6-10-21-11-7-17)20(22-19)8-12-23(13-9-20)15-16-4-2-1-3-5-16/h6-7,10-11,16,18H,1-5,8-9,12-15H2,(H,22,24). The Bertz CT molecular complexity index is 560. The van der Waals surface area contributed by atoms with Crippen molar-refractivity contribution in [2.24, 2.45) is 5.92 Å². The number of hydrogen-bond donors (Lipinski definition) is 1. The second-order valence-corrected chi connectivity index (χ2v) is 8.05. The maximum atomic E-state index is 12.2. The van der Waals surface area contributed by atoms with Crippen LogP contribution in [-0.2, 0) is 4.79 Å². The summed E-state index contributed by atoms with van der Waals surface area (Å²) in [5.74, 6) is 1.43. The summed E-state index contributed by atoms with van der Waals surface area (Å²) in [5.41, 5.74) is 1.24. The second kappa shape index (κ2) is 6.83. The first-order valence-corrected chi connectivity index (χ1v) is 9.68. The molecule has 1 aromatic rings. The first-order valence-electron chi connectivity index (χ1n) is 9.68. The van der Waals surface area contributed by atoms with Gasteiger partial charge in [-0.25, -0.2) is 0 Å². The van der Waals surface area contributed by atoms with Gasteiger partial charge in [-0.15, -0.1) is 0 Å². The number of hydrogen-bond acceptors (Lipinski definition) is 3. The molecule has 4 rings (SSSR count). The Morgan fingerprint density at radius 3 is 2.54 bits per heavy atom. The van der Waals surface area contributed by atoms with Gasteiger partial charge in [0.2, 0.25) is 5.91 Å². The van der Waals surface area contributed by atoms with Crippen LogP contribution in [0.2, 0.25) is 0 Å². The minimum absolute atomic E-state index is 0.0263. The monoisotopic (exact) mass is 327 g/mol. The minimum atomic E-state index is -0.0263. The molecule has 1 N–H and O–H groups in total. The smallest absolute Gasteiger partial charge is 0.221 e. The molecular weight excluding hydrogens is 298 g/mol. The summed E-state index contributed by atoms with van der Waals surface area (Å²) < 4.78 is 0. The van der Waals surface area contributed by atoms with Crippen molar-refractivity contribution in [1.82, 2.24) is 15.2 Å². The van der Waals surface area contributed by atoms with E-state index in [1.165, 1.54) is 44.2 Å². The number of nitrogens with zero attached hydrogens (tertiary/aromatic N) is 2. The van der Waals surface area contributed by atoms with Crippen molar-refractivity contribution in [3.05, 3.63) is 30.1 Å². The summed E-state index contributed by atoms with van der Waals surface area (Å²) in [6, 6.07) is 4.17. The van der Waals surface area contributed by atoms with E-state index in [9.17, 15) is 4.79 Å². The lowest BCUT2D eigenvalue weighted by atomic mass is 9.74. The van der Waals surface area contributed by atoms with Crippen LogP contribution in [0.1, 0.15) is 62.8 Å². The van der Waals surface area contributed by atoms with Crippen LogP contribution in [0.25, 0.3) is 0 Å². The number of rotatable bonds is 3. The van der Waals surface area contributed by atoms with Crippen molar-refractivity contribution in [3.8, 4) is 0 Å². The van der Waals surface area contributed by atoms with E-state index in [2.05, 4.69) is 27.3 Å². The molecule has 4 heteroatoms. The Kier molecular flexibility index (Phi) is 4.57. The first-order chi connectivity index (χ1) is 11.8. The number of likely N-dealkylation sites (tertiary alicyclic amines) is 1. The fourth-order valence-corrected chi connectivity index (χ4v) is 5.17. The van der Waals surface area contributed by atoms with Gasteiger partial charge < -0.3 is 10.2 Å². The summed E-state index contributed by atoms with van der Waals surface area (Å²) in [6.07, 6.45) is 13.6. The van der Waals surface area contributed by atoms with E-state index < -0.39 is 0 Å². The van der Waals surface area contributed by atoms with Crippen molar-refractivity contribution in [2.45, 2.75) is 62.8 Å². The highest BCUT2D eigenvalue weighted by atomic mass is 16.2. The molecule has 3 aliphatic rings. The highest BCUT2D eigenvalue weighted by Crippen LogP contribution is 2.43. The molecule has 4 nitrogen and oxygen atoms in total. The Morgan fingerprint density at radius 1 is 1.12 bits per heavy atom. The molecule has 0 aromatic carbocycles. The highest BCUT2D eigenvalue weighted by Gasteiger charge is 2.48. The molecule has 130 valence electrons. The van der Waals surface area contributed by atoms with Gasteiger partial charge >= 0.3 is 0 Å². The number of carbonyl (C=O) groups is 1. The maximum Gasteiger partial charge on any atom is 0.221 e. The number of pyridine rings is 1. The molecule has 24 heavy (non-hydrogen) atoms. The molecule has 0 radical (unpaired) electrons. The van der Waals surface area contributed by atoms with E-state index >= 15 is 0 Å². The fraction of sp³-hybridized carbons (Fsp3) is 0.700. The Morgan fingerprint density at radius 2 is 1.83 bits per heavy atom. The van der Waals surface area contributed by atoms with Gasteiger partial charge in [0.15, 0.2) is 0 Å². The SMILES string of the molecule is O=C1CC(c2ccncc2)C2(CCN(CC3CCCCC3)CC2)N1. The van der Waals surface area contributed by atoms with Crippen molar-refractivity contribution in [1.29, 1.82) is 0 Å². The Labute approximate surface area is 145 Å². The van der Waals surface area contributed by atoms with E-state index in [-0.39, 0.29) is 11.4 Å². The van der Waals surface area contributed by atoms with Gasteiger partial charge in [-0.2, -0.15) is 0 Å². The van der Waals surface area contributed by atoms with E-state index in [0.29, 0.717) is 12.3 Å². The second-order valence-electron chi connectivity index (χ2n) is 8.05. The van der Waals surface area contributed by atoms with Crippen LogP contribution in [-0.4, -0.2) is 41.0 Å². The van der Waals surface area contributed by atoms with Crippen LogP contribution in [0.15, 0.2) is 24.5 Å². The molecule has 3 heterocycles. The van der Waals surface area contributed by atoms with E-state index in [1.807, 2.05) is 12.4 Å². The Hall–Kier alpha value is -1.42. The largest absolute Gasteiger partial charge is 0.350 e. The molecular formula is C20H29N3O. The highest BCUT2D eigenvalue weighted by molar-refractivity contribution is 5.81. The summed E-state index contributed by atoms with van der Waals surface area (Å²) in [7, 11) is 0. The summed E-state index contributed by atoms with van der Waals surface area (Å²) >= 11 is 0. The van der Waals surface area contributed by atoms with Crippen molar-refractivity contribution >= 4 is 5.91 Å². The zero-order valence-corrected chi connectivity index (χ0v) is 14.5. The Balaban J connectivity index is 1.41. The van der Waals surface area contributed by atoms with Crippen molar-refractivity contribution < 1.29 is 4.79 Å². The zero-order valence-electron chi connectivity index (χ0n) is 14.5. The molecule has 1 spiro atoms. The molecule has 1 atom stereocenters. The van der Waals surface area contributed by atoms with E-state index in [0.717, 1.165) is 31.8 Å². The zero-order chi connectivity index (χ0) is 16.4. The van der Waals surface area contributed by atoms with Gasteiger partial charge in [-0.3, -0.25) is 9.78 Å². The predicted molar refractivity (Wildman–Crippen MR) is 94.7 cm³/mol. The van der Waals surface area contributed by atoms with Crippen LogP contribution in [0.5, 0.6) is 0 Å². The molecule has 1 saturated carbocycles. The lowest BCUT2D eigenvalue weighted by Crippen LogP contribution is -2.54. The lowest BCUT2D eigenvalue weighted by Gasteiger charge is -2.44. The number of carbonyl (C=O) groups excluding carboxylic acids is 1. The number of piperidine rings is 1. The maximum absolute atomic E-state index is 12.2. The third-order valence-electron chi connectivity index (χ3n) is 6.54. The van der Waals surface area contributed by atoms with Crippen LogP contribution in [0, 0.1) is 5.92 Å². The molecule has 1 aromatic heterocycles. The van der Waals surface area contributed by atoms with E-state index in [4.69, 9.17) is 0 Å². The summed E-state index contributed by atoms with van der Waals surface area (Å²) in [4.78, 5) is 18.9. The molecule has 2 aliphatic heterocycles. The average Bonchev–Trinajstić information content (AvgIpc) is 2.95. The number of aromatic nitrogens is 1. The third-order valence-corrected chi connectivity index (χ3v) is 6.54. The van der Waals surface area contributed by atoms with Crippen molar-refractivity contribution in [2.75, 3.05) is 19.6 Å². The third kappa shape index (κ3) is 3.21. The number of amides is 1. The molecule has 2 saturated heterocycles. The van der Waals surface area contributed by atoms with Gasteiger partial charge in [0.25, 0.3) is 0 Å². The van der Waals surface area contributed by atoms with Crippen LogP contribution in [0.3, 0.4) is 0 Å². The molecule has 1 amide bonds. The van der Waals surface area contributed by atoms with Gasteiger partial charge in [0.05, 0.1) is 0 Å². The fourth-order valence-electron chi connectivity index (χ4n) is 5.17. The van der Waals surface area contributed by atoms with Gasteiger partial charge in [0.1, 0.15) is 0 Å². The van der Waals surface area contributed by atoms with Gasteiger partial charge in [-0.1, -0.05) is 19.3 Å². The molecule has 1 unspecified atom stereocenters. The molecule has 0 bridgehead atoms. The van der Waals surface area contributed by atoms with Crippen LogP contribution < -0.4 is 5.32 Å². The number of nitrogens with one attached hydrogen (secondary N) is 1. The summed E-state index contributed by atoms with van der Waals surface area (Å²) in [5, 5.41) is 3.36. The topological polar surface area (TPSA) is 45.2 Å². The van der Waals surface area contributed by atoms with Crippen LogP contribution in [0.4, 0.5) is 0 Å². The van der Waals surface area contributed by atoms with Crippen molar-refractivity contribution in [3.63, 3.8) is 0 Å². The average molecular weight is 327 g/mol. The van der Waals surface area contributed by atoms with Gasteiger partial charge in [0, 0.05) is 49.9 Å². The molecule has 1 aliphatic carbocycles. The predicted octanol–water partition coefficient (Wildman–Crippen LogP) is 3.10. The summed E-state index contributed by atoms with van der Waals surface area (Å²) in [6.45, 7) is 3.51. The lowest BCUT2D eigenvalue weighted by molar-refractivity contribution is -0.120. The quantitative estimate of drug-likeness (QED) is 0.928. The van der Waals surface area contributed by atoms with E-state index in [1.54, 1.807) is 0 Å². The minimum Gasteiger partial charge on any atom is -0.350 e. The normalized spacial score (nSPS) is 28.2.